The quantitative estimate of drug-likeness (QED) is 0.712. The molecule has 0 aliphatic rings. The molecular formula is C11H18N4O2. The van der Waals surface area contributed by atoms with Crippen LogP contribution in [-0.2, 0) is 4.74 Å². The second-order valence-corrected chi connectivity index (χ2v) is 3.71. The Morgan fingerprint density at radius 2 is 2.18 bits per heavy atom. The van der Waals surface area contributed by atoms with Gasteiger partial charge in [-0.25, -0.2) is 9.97 Å². The average Bonchev–Trinajstić information content (AvgIpc) is 2.34. The molecule has 17 heavy (non-hydrogen) atoms. The maximum absolute atomic E-state index is 11.6. The molecule has 0 spiro atoms. The second kappa shape index (κ2) is 6.80. The number of amides is 1. The Morgan fingerprint density at radius 3 is 2.71 bits per heavy atom. The van der Waals surface area contributed by atoms with Gasteiger partial charge in [0.2, 0.25) is 0 Å². The standard InChI is InChI=1S/C11H18N4O2/c1-8(2)17-5-4-13-11(16)9-6-15-10(12-3)7-14-9/h6-8H,4-5H2,1-3H3,(H,12,15)(H,13,16). The summed E-state index contributed by atoms with van der Waals surface area (Å²) in [6.45, 7) is 4.85. The van der Waals surface area contributed by atoms with Crippen molar-refractivity contribution in [2.75, 3.05) is 25.5 Å². The van der Waals surface area contributed by atoms with Crippen molar-refractivity contribution in [2.45, 2.75) is 20.0 Å². The Hall–Kier alpha value is -1.69. The van der Waals surface area contributed by atoms with Gasteiger partial charge in [-0.3, -0.25) is 4.79 Å². The van der Waals surface area contributed by atoms with E-state index in [1.165, 1.54) is 12.4 Å². The van der Waals surface area contributed by atoms with Gasteiger partial charge in [0.25, 0.3) is 5.91 Å². The van der Waals surface area contributed by atoms with Crippen molar-refractivity contribution in [1.29, 1.82) is 0 Å². The van der Waals surface area contributed by atoms with Gasteiger partial charge in [-0.15, -0.1) is 0 Å². The highest BCUT2D eigenvalue weighted by atomic mass is 16.5. The molecule has 0 fully saturated rings. The summed E-state index contributed by atoms with van der Waals surface area (Å²) in [6.07, 6.45) is 3.12. The van der Waals surface area contributed by atoms with Crippen molar-refractivity contribution in [3.8, 4) is 0 Å². The number of nitrogens with zero attached hydrogens (tertiary/aromatic N) is 2. The van der Waals surface area contributed by atoms with E-state index in [2.05, 4.69) is 20.6 Å². The van der Waals surface area contributed by atoms with Gasteiger partial charge in [-0.2, -0.15) is 0 Å². The lowest BCUT2D eigenvalue weighted by Gasteiger charge is -2.08. The summed E-state index contributed by atoms with van der Waals surface area (Å²) in [4.78, 5) is 19.6. The molecule has 0 aliphatic carbocycles. The predicted octanol–water partition coefficient (Wildman–Crippen LogP) is 0.673. The molecule has 0 unspecified atom stereocenters. The SMILES string of the molecule is CNc1cnc(C(=O)NCCOC(C)C)cn1. The third-order valence-corrected chi connectivity index (χ3v) is 1.98. The van der Waals surface area contributed by atoms with Crippen LogP contribution in [-0.4, -0.2) is 42.2 Å². The van der Waals surface area contributed by atoms with Gasteiger partial charge in [0.05, 0.1) is 25.1 Å². The first-order valence-electron chi connectivity index (χ1n) is 5.53. The molecule has 1 aromatic heterocycles. The molecule has 6 heteroatoms. The van der Waals surface area contributed by atoms with Crippen molar-refractivity contribution in [3.05, 3.63) is 18.1 Å². The Kier molecular flexibility index (Phi) is 5.35. The Bertz CT molecular complexity index is 351. The summed E-state index contributed by atoms with van der Waals surface area (Å²) in [5.74, 6) is 0.386. The van der Waals surface area contributed by atoms with Crippen LogP contribution >= 0.6 is 0 Å². The molecule has 0 aliphatic heterocycles. The number of carbonyl (C=O) groups is 1. The van der Waals surface area contributed by atoms with E-state index >= 15 is 0 Å². The third-order valence-electron chi connectivity index (χ3n) is 1.98. The molecule has 0 bridgehead atoms. The summed E-state index contributed by atoms with van der Waals surface area (Å²) in [7, 11) is 1.74. The van der Waals surface area contributed by atoms with Crippen LogP contribution in [0.1, 0.15) is 24.3 Å². The van der Waals surface area contributed by atoms with Crippen LogP contribution in [0.15, 0.2) is 12.4 Å². The zero-order chi connectivity index (χ0) is 12.7. The van der Waals surface area contributed by atoms with Gasteiger partial charge in [0, 0.05) is 13.6 Å². The summed E-state index contributed by atoms with van der Waals surface area (Å²) in [5.41, 5.74) is 0.300. The predicted molar refractivity (Wildman–Crippen MR) is 65.0 cm³/mol. The lowest BCUT2D eigenvalue weighted by atomic mass is 10.4. The minimum atomic E-state index is -0.243. The smallest absolute Gasteiger partial charge is 0.271 e. The van der Waals surface area contributed by atoms with Gasteiger partial charge in [-0.1, -0.05) is 0 Å². The summed E-state index contributed by atoms with van der Waals surface area (Å²) in [5, 5.41) is 5.54. The lowest BCUT2D eigenvalue weighted by molar-refractivity contribution is 0.0744. The molecule has 1 rings (SSSR count). The molecule has 1 amide bonds. The number of rotatable bonds is 6. The minimum absolute atomic E-state index is 0.168. The number of carbonyl (C=O) groups excluding carboxylic acids is 1. The van der Waals surface area contributed by atoms with Crippen molar-refractivity contribution >= 4 is 11.7 Å². The highest BCUT2D eigenvalue weighted by molar-refractivity contribution is 5.91. The molecule has 0 saturated heterocycles. The number of hydrogen-bond acceptors (Lipinski definition) is 5. The van der Waals surface area contributed by atoms with Crippen LogP contribution in [0, 0.1) is 0 Å². The molecule has 6 nitrogen and oxygen atoms in total. The molecule has 1 aromatic rings. The maximum Gasteiger partial charge on any atom is 0.271 e. The number of nitrogens with one attached hydrogen (secondary N) is 2. The third kappa shape index (κ3) is 4.78. The number of anilines is 1. The number of hydrogen-bond donors (Lipinski definition) is 2. The van der Waals surface area contributed by atoms with Crippen LogP contribution in [0.25, 0.3) is 0 Å². The zero-order valence-corrected chi connectivity index (χ0v) is 10.4. The van der Waals surface area contributed by atoms with Crippen LogP contribution in [0.3, 0.4) is 0 Å². The molecule has 94 valence electrons. The minimum Gasteiger partial charge on any atom is -0.377 e. The maximum atomic E-state index is 11.6. The molecule has 1 heterocycles. The van der Waals surface area contributed by atoms with Crippen LogP contribution < -0.4 is 10.6 Å². The summed E-state index contributed by atoms with van der Waals surface area (Å²) < 4.78 is 5.30. The van der Waals surface area contributed by atoms with Gasteiger partial charge in [-0.05, 0) is 13.8 Å². The summed E-state index contributed by atoms with van der Waals surface area (Å²) >= 11 is 0. The van der Waals surface area contributed by atoms with E-state index in [0.29, 0.717) is 24.7 Å². The van der Waals surface area contributed by atoms with Gasteiger partial charge in [0.1, 0.15) is 11.5 Å². The molecule has 2 N–H and O–H groups in total. The fraction of sp³-hybridized carbons (Fsp3) is 0.545. The van der Waals surface area contributed by atoms with Crippen LogP contribution in [0.5, 0.6) is 0 Å². The Balaban J connectivity index is 2.36. The Labute approximate surface area is 101 Å². The monoisotopic (exact) mass is 238 g/mol. The highest BCUT2D eigenvalue weighted by Gasteiger charge is 2.06. The van der Waals surface area contributed by atoms with E-state index in [9.17, 15) is 4.79 Å². The first-order chi connectivity index (χ1) is 8.13. The normalized spacial score (nSPS) is 10.4. The van der Waals surface area contributed by atoms with Crippen LogP contribution in [0.4, 0.5) is 5.82 Å². The highest BCUT2D eigenvalue weighted by Crippen LogP contribution is 1.99. The Morgan fingerprint density at radius 1 is 1.41 bits per heavy atom. The summed E-state index contributed by atoms with van der Waals surface area (Å²) in [6, 6.07) is 0. The van der Waals surface area contributed by atoms with E-state index < -0.39 is 0 Å². The number of aromatic nitrogens is 2. The van der Waals surface area contributed by atoms with Crippen molar-refractivity contribution in [2.24, 2.45) is 0 Å². The largest absolute Gasteiger partial charge is 0.377 e. The van der Waals surface area contributed by atoms with E-state index in [1.54, 1.807) is 7.05 Å². The first-order valence-corrected chi connectivity index (χ1v) is 5.53. The fourth-order valence-corrected chi connectivity index (χ4v) is 1.12. The molecule has 0 saturated carbocycles. The molecule has 0 radical (unpaired) electrons. The first kappa shape index (κ1) is 13.4. The molecular weight excluding hydrogens is 220 g/mol. The number of ether oxygens (including phenoxy) is 1. The van der Waals surface area contributed by atoms with Gasteiger partial charge >= 0.3 is 0 Å². The fourth-order valence-electron chi connectivity index (χ4n) is 1.12. The average molecular weight is 238 g/mol. The molecule has 0 aromatic carbocycles. The van der Waals surface area contributed by atoms with E-state index in [-0.39, 0.29) is 12.0 Å². The van der Waals surface area contributed by atoms with Crippen molar-refractivity contribution in [1.82, 2.24) is 15.3 Å². The van der Waals surface area contributed by atoms with Crippen LogP contribution in [0.2, 0.25) is 0 Å². The van der Waals surface area contributed by atoms with Gasteiger partial charge in [0.15, 0.2) is 0 Å². The van der Waals surface area contributed by atoms with E-state index in [0.717, 1.165) is 0 Å². The van der Waals surface area contributed by atoms with Gasteiger partial charge < -0.3 is 15.4 Å². The second-order valence-electron chi connectivity index (χ2n) is 3.71. The zero-order valence-electron chi connectivity index (χ0n) is 10.4. The van der Waals surface area contributed by atoms with E-state index in [4.69, 9.17) is 4.74 Å². The van der Waals surface area contributed by atoms with Crippen molar-refractivity contribution < 1.29 is 9.53 Å². The topological polar surface area (TPSA) is 76.1 Å². The van der Waals surface area contributed by atoms with E-state index in [1.807, 2.05) is 13.8 Å². The molecule has 0 atom stereocenters. The van der Waals surface area contributed by atoms with Crippen molar-refractivity contribution in [3.63, 3.8) is 0 Å². The lowest BCUT2D eigenvalue weighted by Crippen LogP contribution is -2.28.